The quantitative estimate of drug-likeness (QED) is 0.841. The van der Waals surface area contributed by atoms with Gasteiger partial charge in [-0.15, -0.1) is 17.5 Å². The number of rotatable bonds is 5. The Morgan fingerprint density at radius 3 is 2.88 bits per heavy atom. The molecule has 1 fully saturated rings. The molecule has 1 unspecified atom stereocenters. The van der Waals surface area contributed by atoms with Crippen LogP contribution in [0.3, 0.4) is 0 Å². The van der Waals surface area contributed by atoms with Crippen molar-refractivity contribution in [1.29, 1.82) is 0 Å². The van der Waals surface area contributed by atoms with Crippen molar-refractivity contribution in [3.05, 3.63) is 46.7 Å². The maximum absolute atomic E-state index is 13.0. The van der Waals surface area contributed by atoms with Crippen LogP contribution in [0, 0.1) is 5.92 Å². The first-order chi connectivity index (χ1) is 12.1. The predicted octanol–water partition coefficient (Wildman–Crippen LogP) is 3.19. The van der Waals surface area contributed by atoms with E-state index in [0.29, 0.717) is 29.7 Å². The van der Waals surface area contributed by atoms with E-state index in [2.05, 4.69) is 29.5 Å². The van der Waals surface area contributed by atoms with Crippen LogP contribution in [-0.2, 0) is 6.54 Å². The Morgan fingerprint density at radius 2 is 2.15 bits per heavy atom. The normalized spacial score (nSPS) is 17.2. The van der Waals surface area contributed by atoms with Gasteiger partial charge in [-0.1, -0.05) is 48.9 Å². The van der Waals surface area contributed by atoms with E-state index in [-0.39, 0.29) is 24.4 Å². The molecule has 2 heterocycles. The summed E-state index contributed by atoms with van der Waals surface area (Å²) in [5, 5.41) is 12.2. The molecule has 2 aromatic rings. The van der Waals surface area contributed by atoms with Crippen molar-refractivity contribution in [3.8, 4) is 0 Å². The van der Waals surface area contributed by atoms with Crippen LogP contribution in [-0.4, -0.2) is 45.4 Å². The van der Waals surface area contributed by atoms with Gasteiger partial charge in [0.2, 0.25) is 0 Å². The van der Waals surface area contributed by atoms with Crippen LogP contribution < -0.4 is 5.32 Å². The molecule has 8 heteroatoms. The maximum atomic E-state index is 13.0. The van der Waals surface area contributed by atoms with E-state index in [1.54, 1.807) is 10.9 Å². The highest BCUT2D eigenvalue weighted by atomic mass is 35.5. The highest BCUT2D eigenvalue weighted by molar-refractivity contribution is 6.31. The Hall–Kier alpha value is -1.63. The average molecular weight is 398 g/mol. The number of carbonyl (C=O) groups excluding carboxylic acids is 1. The summed E-state index contributed by atoms with van der Waals surface area (Å²) in [4.78, 5) is 14.8. The standard InChI is InChI=1S/C18H24ClN5O.ClH/c1-13(2)7-9-23-12-16(21-22-23)18(25)24-10-8-20-11-17(24)14-5-3-4-6-15(14)19;/h3-6,12-13,17,20H,7-11H2,1-2H3;1H. The smallest absolute Gasteiger partial charge is 0.276 e. The van der Waals surface area contributed by atoms with Gasteiger partial charge in [-0.05, 0) is 24.0 Å². The second-order valence-electron chi connectivity index (χ2n) is 6.79. The minimum Gasteiger partial charge on any atom is -0.328 e. The van der Waals surface area contributed by atoms with Gasteiger partial charge < -0.3 is 10.2 Å². The molecule has 3 rings (SSSR count). The van der Waals surface area contributed by atoms with Crippen molar-refractivity contribution in [1.82, 2.24) is 25.2 Å². The van der Waals surface area contributed by atoms with Crippen LogP contribution in [0.25, 0.3) is 0 Å². The fraction of sp³-hybridized carbons (Fsp3) is 0.500. The van der Waals surface area contributed by atoms with Gasteiger partial charge in [0.15, 0.2) is 5.69 Å². The molecule has 1 aromatic carbocycles. The first-order valence-corrected chi connectivity index (χ1v) is 9.10. The molecule has 0 bridgehead atoms. The molecule has 1 saturated heterocycles. The number of aromatic nitrogens is 3. The minimum atomic E-state index is -0.101. The number of halogens is 2. The summed E-state index contributed by atoms with van der Waals surface area (Å²) >= 11 is 6.35. The third kappa shape index (κ3) is 4.75. The van der Waals surface area contributed by atoms with Crippen molar-refractivity contribution >= 4 is 29.9 Å². The molecule has 1 aliphatic heterocycles. The lowest BCUT2D eigenvalue weighted by atomic mass is 10.0. The van der Waals surface area contributed by atoms with Crippen LogP contribution in [0.1, 0.15) is 42.4 Å². The fourth-order valence-electron chi connectivity index (χ4n) is 3.01. The number of piperazine rings is 1. The number of hydrogen-bond acceptors (Lipinski definition) is 4. The van der Waals surface area contributed by atoms with Gasteiger partial charge in [-0.3, -0.25) is 9.48 Å². The minimum absolute atomic E-state index is 0. The summed E-state index contributed by atoms with van der Waals surface area (Å²) in [5.41, 5.74) is 1.35. The Labute approximate surface area is 165 Å². The van der Waals surface area contributed by atoms with E-state index in [0.717, 1.165) is 25.1 Å². The van der Waals surface area contributed by atoms with Crippen molar-refractivity contribution in [2.45, 2.75) is 32.9 Å². The van der Waals surface area contributed by atoms with E-state index < -0.39 is 0 Å². The second-order valence-corrected chi connectivity index (χ2v) is 7.20. The summed E-state index contributed by atoms with van der Waals surface area (Å²) in [5.74, 6) is 0.489. The first kappa shape index (κ1) is 20.7. The Bertz CT molecular complexity index is 734. The Morgan fingerprint density at radius 1 is 1.38 bits per heavy atom. The topological polar surface area (TPSA) is 63.1 Å². The van der Waals surface area contributed by atoms with Gasteiger partial charge in [-0.25, -0.2) is 0 Å². The highest BCUT2D eigenvalue weighted by Gasteiger charge is 2.31. The molecule has 0 radical (unpaired) electrons. The number of benzene rings is 1. The summed E-state index contributed by atoms with van der Waals surface area (Å²) < 4.78 is 1.75. The van der Waals surface area contributed by atoms with E-state index >= 15 is 0 Å². The lowest BCUT2D eigenvalue weighted by Crippen LogP contribution is -2.48. The van der Waals surface area contributed by atoms with Crippen LogP contribution in [0.4, 0.5) is 0 Å². The number of carbonyl (C=O) groups is 1. The van der Waals surface area contributed by atoms with Crippen LogP contribution >= 0.6 is 24.0 Å². The van der Waals surface area contributed by atoms with Crippen molar-refractivity contribution in [2.75, 3.05) is 19.6 Å². The highest BCUT2D eigenvalue weighted by Crippen LogP contribution is 2.29. The molecule has 0 spiro atoms. The van der Waals surface area contributed by atoms with Gasteiger partial charge >= 0.3 is 0 Å². The average Bonchev–Trinajstić information content (AvgIpc) is 3.09. The lowest BCUT2D eigenvalue weighted by Gasteiger charge is -2.36. The van der Waals surface area contributed by atoms with E-state index in [4.69, 9.17) is 11.6 Å². The van der Waals surface area contributed by atoms with Crippen molar-refractivity contribution in [2.24, 2.45) is 5.92 Å². The number of nitrogens with one attached hydrogen (secondary N) is 1. The zero-order valence-corrected chi connectivity index (χ0v) is 16.6. The lowest BCUT2D eigenvalue weighted by molar-refractivity contribution is 0.0628. The van der Waals surface area contributed by atoms with Crippen LogP contribution in [0.5, 0.6) is 0 Å². The molecular formula is C18H25Cl2N5O. The van der Waals surface area contributed by atoms with Crippen molar-refractivity contribution in [3.63, 3.8) is 0 Å². The first-order valence-electron chi connectivity index (χ1n) is 8.72. The number of aryl methyl sites for hydroxylation is 1. The molecule has 0 saturated carbocycles. The van der Waals surface area contributed by atoms with Crippen molar-refractivity contribution < 1.29 is 4.79 Å². The molecule has 1 amide bonds. The third-order valence-corrected chi connectivity index (χ3v) is 4.81. The Kier molecular flexibility index (Phi) is 7.43. The molecule has 1 aromatic heterocycles. The molecule has 0 aliphatic carbocycles. The van der Waals surface area contributed by atoms with Crippen LogP contribution in [0.15, 0.2) is 30.5 Å². The predicted molar refractivity (Wildman–Crippen MR) is 105 cm³/mol. The summed E-state index contributed by atoms with van der Waals surface area (Å²) in [6.45, 7) is 7.15. The molecule has 1 atom stereocenters. The summed E-state index contributed by atoms with van der Waals surface area (Å²) in [6.07, 6.45) is 2.75. The number of hydrogen-bond donors (Lipinski definition) is 1. The zero-order chi connectivity index (χ0) is 17.8. The number of amides is 1. The van der Waals surface area contributed by atoms with Gasteiger partial charge in [0.25, 0.3) is 5.91 Å². The van der Waals surface area contributed by atoms with E-state index in [1.165, 1.54) is 0 Å². The molecule has 1 aliphatic rings. The summed E-state index contributed by atoms with van der Waals surface area (Å²) in [7, 11) is 0. The monoisotopic (exact) mass is 397 g/mol. The van der Waals surface area contributed by atoms with Crippen LogP contribution in [0.2, 0.25) is 5.02 Å². The summed E-state index contributed by atoms with van der Waals surface area (Å²) in [6, 6.07) is 7.57. The van der Waals surface area contributed by atoms with Gasteiger partial charge in [-0.2, -0.15) is 0 Å². The number of nitrogens with zero attached hydrogens (tertiary/aromatic N) is 4. The fourth-order valence-corrected chi connectivity index (χ4v) is 3.28. The largest absolute Gasteiger partial charge is 0.328 e. The third-order valence-electron chi connectivity index (χ3n) is 4.46. The molecule has 6 nitrogen and oxygen atoms in total. The van der Waals surface area contributed by atoms with Gasteiger partial charge in [0, 0.05) is 31.2 Å². The Balaban J connectivity index is 0.00000243. The SMILES string of the molecule is CC(C)CCn1cc(C(=O)N2CCNCC2c2ccccc2Cl)nn1.Cl. The van der Waals surface area contributed by atoms with Gasteiger partial charge in [0.1, 0.15) is 0 Å². The molecule has 1 N–H and O–H groups in total. The zero-order valence-electron chi connectivity index (χ0n) is 15.1. The maximum Gasteiger partial charge on any atom is 0.276 e. The molecular weight excluding hydrogens is 373 g/mol. The second kappa shape index (κ2) is 9.35. The van der Waals surface area contributed by atoms with Gasteiger partial charge in [0.05, 0.1) is 12.2 Å². The molecule has 142 valence electrons. The van der Waals surface area contributed by atoms with E-state index in [1.807, 2.05) is 29.2 Å². The molecule has 26 heavy (non-hydrogen) atoms. The van der Waals surface area contributed by atoms with E-state index in [9.17, 15) is 4.79 Å².